The molecule has 0 atom stereocenters. The first-order valence-corrected chi connectivity index (χ1v) is 7.33. The molecule has 5 heteroatoms. The van der Waals surface area contributed by atoms with Crippen molar-refractivity contribution in [1.29, 1.82) is 0 Å². The van der Waals surface area contributed by atoms with Crippen LogP contribution in [0.25, 0.3) is 0 Å². The highest BCUT2D eigenvalue weighted by molar-refractivity contribution is 7.09. The van der Waals surface area contributed by atoms with Crippen LogP contribution in [-0.4, -0.2) is 9.97 Å². The van der Waals surface area contributed by atoms with E-state index in [0.29, 0.717) is 13.2 Å². The van der Waals surface area contributed by atoms with E-state index in [0.717, 1.165) is 35.7 Å². The van der Waals surface area contributed by atoms with Gasteiger partial charge >= 0.3 is 0 Å². The van der Waals surface area contributed by atoms with Crippen molar-refractivity contribution < 1.29 is 4.74 Å². The minimum Gasteiger partial charge on any atom is -0.485 e. The molecule has 0 saturated heterocycles. The number of hydrogen-bond acceptors (Lipinski definition) is 5. The Morgan fingerprint density at radius 3 is 2.89 bits per heavy atom. The number of nitrogens with zero attached hydrogens (tertiary/aromatic N) is 2. The van der Waals surface area contributed by atoms with Gasteiger partial charge in [-0.2, -0.15) is 0 Å². The first-order chi connectivity index (χ1) is 9.22. The second-order valence-corrected chi connectivity index (χ2v) is 5.32. The van der Waals surface area contributed by atoms with Gasteiger partial charge in [-0.25, -0.2) is 4.98 Å². The average molecular weight is 277 g/mol. The summed E-state index contributed by atoms with van der Waals surface area (Å²) >= 11 is 1.69. The summed E-state index contributed by atoms with van der Waals surface area (Å²) in [6, 6.07) is 3.85. The molecule has 2 N–H and O–H groups in total. The van der Waals surface area contributed by atoms with E-state index >= 15 is 0 Å². The van der Waals surface area contributed by atoms with E-state index in [2.05, 4.69) is 22.3 Å². The van der Waals surface area contributed by atoms with Crippen molar-refractivity contribution in [2.75, 3.05) is 0 Å². The summed E-state index contributed by atoms with van der Waals surface area (Å²) in [5, 5.41) is 3.22. The molecule has 0 unspecified atom stereocenters. The van der Waals surface area contributed by atoms with E-state index in [1.54, 1.807) is 11.3 Å². The highest BCUT2D eigenvalue weighted by Gasteiger charge is 2.06. The van der Waals surface area contributed by atoms with Crippen LogP contribution in [0.1, 0.15) is 35.4 Å². The molecule has 2 aromatic heterocycles. The van der Waals surface area contributed by atoms with Gasteiger partial charge in [-0.3, -0.25) is 4.98 Å². The summed E-state index contributed by atoms with van der Waals surface area (Å²) in [6.07, 6.45) is 2.15. The van der Waals surface area contributed by atoms with Gasteiger partial charge in [0.25, 0.3) is 0 Å². The third-order valence-corrected chi connectivity index (χ3v) is 3.66. The Balaban J connectivity index is 2.01. The maximum absolute atomic E-state index is 5.76. The van der Waals surface area contributed by atoms with Crippen molar-refractivity contribution >= 4 is 11.3 Å². The number of nitrogens with two attached hydrogens (primary N) is 1. The Morgan fingerprint density at radius 1 is 1.32 bits per heavy atom. The van der Waals surface area contributed by atoms with E-state index in [1.807, 2.05) is 19.1 Å². The molecule has 2 rings (SSSR count). The van der Waals surface area contributed by atoms with Gasteiger partial charge in [-0.1, -0.05) is 6.92 Å². The van der Waals surface area contributed by atoms with Gasteiger partial charge in [0.1, 0.15) is 12.4 Å². The fourth-order valence-corrected chi connectivity index (χ4v) is 2.66. The average Bonchev–Trinajstić information content (AvgIpc) is 2.85. The maximum atomic E-state index is 5.76. The van der Waals surface area contributed by atoms with Gasteiger partial charge in [-0.15, -0.1) is 11.3 Å². The predicted octanol–water partition coefficient (Wildman–Crippen LogP) is 2.84. The van der Waals surface area contributed by atoms with E-state index in [9.17, 15) is 0 Å². The number of aryl methyl sites for hydroxylation is 2. The van der Waals surface area contributed by atoms with E-state index < -0.39 is 0 Å². The molecule has 0 saturated carbocycles. The lowest BCUT2D eigenvalue weighted by Crippen LogP contribution is -2.06. The van der Waals surface area contributed by atoms with E-state index in [4.69, 9.17) is 10.5 Å². The SMILES string of the molecule is CCCc1nc(COc2ccc(C)nc2CN)cs1. The summed E-state index contributed by atoms with van der Waals surface area (Å²) in [4.78, 5) is 8.90. The lowest BCUT2D eigenvalue weighted by molar-refractivity contribution is 0.297. The normalized spacial score (nSPS) is 10.7. The molecule has 4 nitrogen and oxygen atoms in total. The highest BCUT2D eigenvalue weighted by Crippen LogP contribution is 2.19. The highest BCUT2D eigenvalue weighted by atomic mass is 32.1. The van der Waals surface area contributed by atoms with Crippen molar-refractivity contribution in [3.05, 3.63) is 39.6 Å². The number of rotatable bonds is 6. The number of hydrogen-bond donors (Lipinski definition) is 1. The number of thiazole rings is 1. The Labute approximate surface area is 117 Å². The van der Waals surface area contributed by atoms with Gasteiger partial charge in [-0.05, 0) is 31.9 Å². The van der Waals surface area contributed by atoms with Crippen LogP contribution in [0, 0.1) is 6.92 Å². The molecule has 2 aromatic rings. The molecule has 19 heavy (non-hydrogen) atoms. The molecule has 102 valence electrons. The van der Waals surface area contributed by atoms with Crippen LogP contribution in [0.15, 0.2) is 17.5 Å². The molecular weight excluding hydrogens is 258 g/mol. The van der Waals surface area contributed by atoms with Crippen molar-refractivity contribution in [3.8, 4) is 5.75 Å². The fourth-order valence-electron chi connectivity index (χ4n) is 1.77. The van der Waals surface area contributed by atoms with Crippen molar-refractivity contribution in [1.82, 2.24) is 9.97 Å². The molecule has 0 aliphatic rings. The number of aromatic nitrogens is 2. The topological polar surface area (TPSA) is 61.0 Å². The van der Waals surface area contributed by atoms with Crippen LogP contribution < -0.4 is 10.5 Å². The smallest absolute Gasteiger partial charge is 0.142 e. The summed E-state index contributed by atoms with van der Waals surface area (Å²) in [5.74, 6) is 0.748. The quantitative estimate of drug-likeness (QED) is 0.882. The molecule has 0 aliphatic carbocycles. The molecule has 2 heterocycles. The van der Waals surface area contributed by atoms with Crippen LogP contribution in [0.5, 0.6) is 5.75 Å². The largest absolute Gasteiger partial charge is 0.485 e. The standard InChI is InChI=1S/C14H19N3OS/c1-3-4-14-17-11(9-19-14)8-18-13-6-5-10(2)16-12(13)7-15/h5-6,9H,3-4,7-8,15H2,1-2H3. The Hall–Kier alpha value is -1.46. The zero-order valence-corrected chi connectivity index (χ0v) is 12.2. The van der Waals surface area contributed by atoms with Crippen LogP contribution >= 0.6 is 11.3 Å². The van der Waals surface area contributed by atoms with Gasteiger partial charge in [0.2, 0.25) is 0 Å². The molecule has 0 fully saturated rings. The minimum atomic E-state index is 0.384. The second-order valence-electron chi connectivity index (χ2n) is 4.37. The lowest BCUT2D eigenvalue weighted by atomic mass is 10.3. The van der Waals surface area contributed by atoms with E-state index in [-0.39, 0.29) is 0 Å². The molecule has 0 aliphatic heterocycles. The Bertz CT molecular complexity index is 539. The van der Waals surface area contributed by atoms with Gasteiger partial charge < -0.3 is 10.5 Å². The number of ether oxygens (including phenoxy) is 1. The predicted molar refractivity (Wildman–Crippen MR) is 77.3 cm³/mol. The Kier molecular flexibility index (Phi) is 4.87. The fraction of sp³-hybridized carbons (Fsp3) is 0.429. The van der Waals surface area contributed by atoms with Crippen molar-refractivity contribution in [2.24, 2.45) is 5.73 Å². The molecule has 0 aromatic carbocycles. The third-order valence-electron chi connectivity index (χ3n) is 2.70. The second kappa shape index (κ2) is 6.63. The van der Waals surface area contributed by atoms with E-state index in [1.165, 1.54) is 5.01 Å². The van der Waals surface area contributed by atoms with Crippen molar-refractivity contribution in [2.45, 2.75) is 39.8 Å². The molecule has 0 spiro atoms. The molecule has 0 amide bonds. The first kappa shape index (κ1) is 14.0. The summed E-state index contributed by atoms with van der Waals surface area (Å²) in [7, 11) is 0. The lowest BCUT2D eigenvalue weighted by Gasteiger charge is -2.09. The van der Waals surface area contributed by atoms with Gasteiger partial charge in [0, 0.05) is 17.6 Å². The third kappa shape index (κ3) is 3.75. The maximum Gasteiger partial charge on any atom is 0.142 e. The molecule has 0 radical (unpaired) electrons. The van der Waals surface area contributed by atoms with Gasteiger partial charge in [0.15, 0.2) is 0 Å². The minimum absolute atomic E-state index is 0.384. The first-order valence-electron chi connectivity index (χ1n) is 6.45. The zero-order valence-electron chi connectivity index (χ0n) is 11.3. The van der Waals surface area contributed by atoms with Crippen molar-refractivity contribution in [3.63, 3.8) is 0 Å². The van der Waals surface area contributed by atoms with Crippen LogP contribution in [0.2, 0.25) is 0 Å². The molecular formula is C14H19N3OS. The Morgan fingerprint density at radius 2 is 2.16 bits per heavy atom. The summed E-state index contributed by atoms with van der Waals surface area (Å²) in [6.45, 7) is 4.95. The van der Waals surface area contributed by atoms with Crippen LogP contribution in [-0.2, 0) is 19.6 Å². The monoisotopic (exact) mass is 277 g/mol. The summed E-state index contributed by atoms with van der Waals surface area (Å²) in [5.41, 5.74) is 8.39. The van der Waals surface area contributed by atoms with Gasteiger partial charge in [0.05, 0.1) is 16.4 Å². The van der Waals surface area contributed by atoms with Crippen LogP contribution in [0.3, 0.4) is 0 Å². The molecule has 0 bridgehead atoms. The van der Waals surface area contributed by atoms with Crippen LogP contribution in [0.4, 0.5) is 0 Å². The number of pyridine rings is 1. The zero-order chi connectivity index (χ0) is 13.7. The summed E-state index contributed by atoms with van der Waals surface area (Å²) < 4.78 is 5.76.